The molecule has 0 unspecified atom stereocenters. The number of nitrogens with zero attached hydrogens (tertiary/aromatic N) is 2. The maximum atomic E-state index is 10.2. The van der Waals surface area contributed by atoms with Crippen molar-refractivity contribution in [3.8, 4) is 0 Å². The number of rotatable bonds is 10. The van der Waals surface area contributed by atoms with Gasteiger partial charge in [-0.15, -0.1) is 0 Å². The third-order valence-electron chi connectivity index (χ3n) is 2.45. The summed E-state index contributed by atoms with van der Waals surface area (Å²) in [7, 11) is 2.37. The van der Waals surface area contributed by atoms with Gasteiger partial charge in [-0.3, -0.25) is 4.52 Å². The predicted octanol–water partition coefficient (Wildman–Crippen LogP) is -6.33. The number of aliphatic hydroxyl groups excluding tert-OH is 3. The molecule has 0 aliphatic carbocycles. The van der Waals surface area contributed by atoms with Crippen LogP contribution in [0.2, 0.25) is 0 Å². The monoisotopic (exact) mass is 607 g/mol. The van der Waals surface area contributed by atoms with Crippen molar-refractivity contribution in [2.75, 3.05) is 81.8 Å². The smallest absolute Gasteiger partial charge is 0.469 e. The molecular formula is C13H36CdClN2O11P2-. The molecule has 184 valence electrons. The van der Waals surface area contributed by atoms with E-state index >= 15 is 0 Å². The molecule has 0 spiro atoms. The van der Waals surface area contributed by atoms with Gasteiger partial charge in [0.1, 0.15) is 32.4 Å². The third kappa shape index (κ3) is 51.7. The van der Waals surface area contributed by atoms with Crippen molar-refractivity contribution in [1.29, 1.82) is 0 Å². The van der Waals surface area contributed by atoms with E-state index in [1.54, 1.807) is 0 Å². The second-order valence-electron chi connectivity index (χ2n) is 7.65. The number of phosphoric acid groups is 2. The van der Waals surface area contributed by atoms with Crippen molar-refractivity contribution in [3.05, 3.63) is 0 Å². The Bertz CT molecular complexity index is 439. The third-order valence-corrected chi connectivity index (χ3v) is 3.47. The van der Waals surface area contributed by atoms with Crippen molar-refractivity contribution in [2.45, 2.75) is 6.10 Å². The van der Waals surface area contributed by atoms with Crippen molar-refractivity contribution in [2.24, 2.45) is 0 Å². The fourth-order valence-electron chi connectivity index (χ4n) is 0.918. The van der Waals surface area contributed by atoms with E-state index in [0.717, 1.165) is 0 Å². The number of aliphatic hydroxyl groups is 3. The molecule has 0 fully saturated rings. The van der Waals surface area contributed by atoms with Crippen LogP contribution in [0.15, 0.2) is 0 Å². The maximum Gasteiger partial charge on any atom is 0.469 e. The Morgan fingerprint density at radius 2 is 1.13 bits per heavy atom. The Morgan fingerprint density at radius 3 is 1.30 bits per heavy atom. The van der Waals surface area contributed by atoms with Crippen LogP contribution in [0, 0.1) is 0 Å². The molecule has 0 radical (unpaired) electrons. The molecule has 0 aromatic carbocycles. The molecule has 30 heavy (non-hydrogen) atoms. The molecule has 17 heteroatoms. The fraction of sp³-hybridized carbons (Fsp3) is 1.00. The Hall–Kier alpha value is 1.23. The van der Waals surface area contributed by atoms with Gasteiger partial charge >= 0.3 is 7.82 Å². The Balaban J connectivity index is -0.000000105. The summed E-state index contributed by atoms with van der Waals surface area (Å²) in [6.45, 7) is 0.369. The van der Waals surface area contributed by atoms with Gasteiger partial charge in [0.25, 0.3) is 0 Å². The number of hydrogen-bond donors (Lipinski definition) is 5. The van der Waals surface area contributed by atoms with E-state index in [4.69, 9.17) is 25.1 Å². The predicted molar refractivity (Wildman–Crippen MR) is 97.5 cm³/mol. The summed E-state index contributed by atoms with van der Waals surface area (Å²) in [5.41, 5.74) is 0. The molecule has 0 rings (SSSR count). The Kier molecular flexibility index (Phi) is 27.2. The minimum absolute atomic E-state index is 0. The summed E-state index contributed by atoms with van der Waals surface area (Å²) >= 11 is 0. The van der Waals surface area contributed by atoms with Crippen LogP contribution in [-0.4, -0.2) is 122 Å². The van der Waals surface area contributed by atoms with E-state index in [9.17, 15) is 18.9 Å². The van der Waals surface area contributed by atoms with Crippen LogP contribution >= 0.6 is 15.6 Å². The summed E-state index contributed by atoms with van der Waals surface area (Å²) in [6, 6.07) is 0. The number of likely N-dealkylation sites (N-methyl/N-ethyl adjacent to an activating group) is 2. The second kappa shape index (κ2) is 19.7. The van der Waals surface area contributed by atoms with Crippen molar-refractivity contribution in [1.82, 2.24) is 0 Å². The molecule has 0 saturated carbocycles. The van der Waals surface area contributed by atoms with Gasteiger partial charge < -0.3 is 65.4 Å². The van der Waals surface area contributed by atoms with E-state index in [1.165, 1.54) is 0 Å². The summed E-state index contributed by atoms with van der Waals surface area (Å²) in [4.78, 5) is 36.5. The minimum atomic E-state index is -4.76. The van der Waals surface area contributed by atoms with E-state index in [-0.39, 0.29) is 66.1 Å². The molecule has 13 nitrogen and oxygen atoms in total. The molecule has 0 aromatic heterocycles. The largest absolute Gasteiger partial charge is 1.00 e. The van der Waals surface area contributed by atoms with Crippen LogP contribution in [0.3, 0.4) is 0 Å². The zero-order valence-corrected chi connectivity index (χ0v) is 25.0. The van der Waals surface area contributed by atoms with Crippen LogP contribution in [-0.2, 0) is 45.5 Å². The molecular weight excluding hydrogens is 570 g/mol. The summed E-state index contributed by atoms with van der Waals surface area (Å²) in [6.07, 6.45) is -0.954. The number of quaternary nitrogens is 2. The molecule has 0 saturated heterocycles. The maximum absolute atomic E-state index is 10.2. The zero-order chi connectivity index (χ0) is 23.2. The molecule has 0 aliphatic rings. The van der Waals surface area contributed by atoms with Gasteiger partial charge in [0, 0.05) is 27.3 Å². The van der Waals surface area contributed by atoms with E-state index in [2.05, 4.69) is 9.05 Å². The Morgan fingerprint density at radius 1 is 0.833 bits per heavy atom. The van der Waals surface area contributed by atoms with E-state index in [0.29, 0.717) is 22.1 Å². The first-order chi connectivity index (χ1) is 12.2. The number of hydrogen-bond acceptors (Lipinski definition) is 9. The van der Waals surface area contributed by atoms with Crippen molar-refractivity contribution in [3.63, 3.8) is 0 Å². The standard InChI is InChI=1S/2C5H14NO4P.C3H8O3.Cd.ClH/c2*1-6(2,3)4-5-10-11(7,8)9;4-1-3(6)2-5;;/h2*4-5H2,1-3H3,(H-,7,8,9);3-6H,1-2H2;;1H/p-1. The van der Waals surface area contributed by atoms with Crippen LogP contribution in [0.1, 0.15) is 0 Å². The molecule has 0 bridgehead atoms. The molecule has 5 N–H and O–H groups in total. The summed E-state index contributed by atoms with van der Waals surface area (Å²) in [5.74, 6) is 0. The van der Waals surface area contributed by atoms with Gasteiger partial charge in [-0.25, -0.2) is 4.57 Å². The van der Waals surface area contributed by atoms with Gasteiger partial charge in [0.2, 0.25) is 0 Å². The van der Waals surface area contributed by atoms with E-state index < -0.39 is 21.7 Å². The van der Waals surface area contributed by atoms with Crippen LogP contribution in [0.4, 0.5) is 0 Å². The molecule has 0 heterocycles. The average molecular weight is 606 g/mol. The number of phosphoric ester groups is 2. The number of halogens is 1. The molecule has 0 atom stereocenters. The van der Waals surface area contributed by atoms with Crippen LogP contribution in [0.5, 0.6) is 0 Å². The van der Waals surface area contributed by atoms with Crippen LogP contribution < -0.4 is 22.2 Å². The normalized spacial score (nSPS) is 11.9. The van der Waals surface area contributed by atoms with Gasteiger partial charge in [-0.2, -0.15) is 0 Å². The molecule has 0 amide bonds. The summed E-state index contributed by atoms with van der Waals surface area (Å²) < 4.78 is 29.6. The van der Waals surface area contributed by atoms with Gasteiger partial charge in [0.05, 0.1) is 63.3 Å². The van der Waals surface area contributed by atoms with Crippen molar-refractivity contribution >= 4 is 15.6 Å². The first-order valence-electron chi connectivity index (χ1n) is 8.10. The van der Waals surface area contributed by atoms with Gasteiger partial charge in [0.15, 0.2) is 0 Å². The SMILES string of the molecule is C[N+](C)(C)CCOP(=O)(O)O.C[N+](C)(C)CCOP(=O)([O-])[O-].OCC(O)CO.[Cd].[Cl-]. The topological polar surface area (TPSA) is 200 Å². The molecule has 0 aromatic rings. The van der Waals surface area contributed by atoms with E-state index in [1.807, 2.05) is 42.3 Å². The fourth-order valence-corrected chi connectivity index (χ4v) is 1.54. The first kappa shape index (κ1) is 41.5. The minimum Gasteiger partial charge on any atom is -1.00 e. The quantitative estimate of drug-likeness (QED) is 0.0901. The Labute approximate surface area is 204 Å². The van der Waals surface area contributed by atoms with Gasteiger partial charge in [-0.1, -0.05) is 0 Å². The summed E-state index contributed by atoms with van der Waals surface area (Å²) in [5, 5.41) is 24.0. The average Bonchev–Trinajstić information content (AvgIpc) is 2.42. The zero-order valence-electron chi connectivity index (χ0n) is 18.4. The first-order valence-corrected chi connectivity index (χ1v) is 11.1. The molecule has 0 aliphatic heterocycles. The second-order valence-corrected chi connectivity index (χ2v) is 10.0. The van der Waals surface area contributed by atoms with Crippen LogP contribution in [0.25, 0.3) is 0 Å². The van der Waals surface area contributed by atoms with Crippen molar-refractivity contribution < 1.29 is 102 Å². The van der Waals surface area contributed by atoms with Gasteiger partial charge in [-0.05, 0) is 0 Å².